The standard InChI is InChI=1S/C17H24N6O/c1-12-17(13(2)22(4)20-12)14-6-5-9-23(14)16(24)11-21(3)15-10-18-7-8-19-15/h7-8,10,14H,5-6,9,11H2,1-4H3/t14-/m0/s1. The molecule has 0 N–H and O–H groups in total. The maximum Gasteiger partial charge on any atom is 0.242 e. The average molecular weight is 328 g/mol. The maximum atomic E-state index is 12.9. The molecule has 1 amide bonds. The van der Waals surface area contributed by atoms with Gasteiger partial charge >= 0.3 is 0 Å². The molecule has 1 saturated heterocycles. The van der Waals surface area contributed by atoms with Gasteiger partial charge in [-0.2, -0.15) is 5.10 Å². The molecule has 3 rings (SSSR count). The summed E-state index contributed by atoms with van der Waals surface area (Å²) in [5.41, 5.74) is 3.35. The molecule has 24 heavy (non-hydrogen) atoms. The van der Waals surface area contributed by atoms with Crippen molar-refractivity contribution in [2.24, 2.45) is 7.05 Å². The lowest BCUT2D eigenvalue weighted by atomic mass is 10.0. The van der Waals surface area contributed by atoms with E-state index in [1.54, 1.807) is 18.6 Å². The molecule has 128 valence electrons. The molecule has 2 aromatic rings. The molecule has 0 aromatic carbocycles. The average Bonchev–Trinajstić information content (AvgIpc) is 3.13. The van der Waals surface area contributed by atoms with Crippen molar-refractivity contribution in [3.8, 4) is 0 Å². The molecule has 0 saturated carbocycles. The lowest BCUT2D eigenvalue weighted by Crippen LogP contribution is -2.39. The number of likely N-dealkylation sites (tertiary alicyclic amines) is 1. The molecule has 1 fully saturated rings. The highest BCUT2D eigenvalue weighted by Gasteiger charge is 2.33. The molecule has 0 bridgehead atoms. The lowest BCUT2D eigenvalue weighted by Gasteiger charge is -2.28. The van der Waals surface area contributed by atoms with Gasteiger partial charge in [0.15, 0.2) is 0 Å². The van der Waals surface area contributed by atoms with Crippen LogP contribution in [-0.2, 0) is 11.8 Å². The smallest absolute Gasteiger partial charge is 0.242 e. The van der Waals surface area contributed by atoms with Crippen molar-refractivity contribution in [3.63, 3.8) is 0 Å². The van der Waals surface area contributed by atoms with E-state index in [2.05, 4.69) is 22.0 Å². The Morgan fingerprint density at radius 2 is 2.17 bits per heavy atom. The van der Waals surface area contributed by atoms with Gasteiger partial charge in [0, 0.05) is 44.3 Å². The van der Waals surface area contributed by atoms with Gasteiger partial charge in [-0.05, 0) is 26.7 Å². The van der Waals surface area contributed by atoms with Gasteiger partial charge < -0.3 is 9.80 Å². The molecule has 3 heterocycles. The molecular formula is C17H24N6O. The molecule has 1 aliphatic heterocycles. The molecule has 0 spiro atoms. The van der Waals surface area contributed by atoms with Crippen molar-refractivity contribution in [1.29, 1.82) is 0 Å². The Bertz CT molecular complexity index is 726. The number of hydrogen-bond donors (Lipinski definition) is 0. The first-order valence-corrected chi connectivity index (χ1v) is 8.25. The molecule has 0 aliphatic carbocycles. The fraction of sp³-hybridized carbons (Fsp3) is 0.529. The van der Waals surface area contributed by atoms with Crippen molar-refractivity contribution >= 4 is 11.7 Å². The number of aromatic nitrogens is 4. The second-order valence-electron chi connectivity index (χ2n) is 6.37. The Hall–Kier alpha value is -2.44. The quantitative estimate of drug-likeness (QED) is 0.853. The fourth-order valence-corrected chi connectivity index (χ4v) is 3.50. The van der Waals surface area contributed by atoms with Gasteiger partial charge in [-0.25, -0.2) is 4.98 Å². The van der Waals surface area contributed by atoms with Gasteiger partial charge in [0.05, 0.1) is 24.5 Å². The van der Waals surface area contributed by atoms with Crippen molar-refractivity contribution in [3.05, 3.63) is 35.5 Å². The Morgan fingerprint density at radius 3 is 2.79 bits per heavy atom. The van der Waals surface area contributed by atoms with Gasteiger partial charge in [-0.1, -0.05) is 0 Å². The van der Waals surface area contributed by atoms with Gasteiger partial charge in [-0.3, -0.25) is 14.5 Å². The number of carbonyl (C=O) groups is 1. The summed E-state index contributed by atoms with van der Waals surface area (Å²) >= 11 is 0. The molecule has 0 radical (unpaired) electrons. The predicted octanol–water partition coefficient (Wildman–Crippen LogP) is 1.63. The molecule has 1 atom stereocenters. The number of anilines is 1. The van der Waals surface area contributed by atoms with E-state index >= 15 is 0 Å². The fourth-order valence-electron chi connectivity index (χ4n) is 3.50. The van der Waals surface area contributed by atoms with Crippen LogP contribution in [0, 0.1) is 13.8 Å². The van der Waals surface area contributed by atoms with Crippen LogP contribution in [0.1, 0.15) is 35.8 Å². The monoisotopic (exact) mass is 328 g/mol. The Labute approximate surface area is 142 Å². The first kappa shape index (κ1) is 16.4. The van der Waals surface area contributed by atoms with Crippen molar-refractivity contribution in [2.75, 3.05) is 25.0 Å². The van der Waals surface area contributed by atoms with E-state index in [1.807, 2.05) is 35.5 Å². The van der Waals surface area contributed by atoms with Crippen LogP contribution in [0.3, 0.4) is 0 Å². The molecule has 1 aliphatic rings. The molecular weight excluding hydrogens is 304 g/mol. The molecule has 2 aromatic heterocycles. The number of nitrogens with zero attached hydrogens (tertiary/aromatic N) is 6. The lowest BCUT2D eigenvalue weighted by molar-refractivity contribution is -0.130. The van der Waals surface area contributed by atoms with E-state index in [0.29, 0.717) is 12.4 Å². The van der Waals surface area contributed by atoms with Gasteiger partial charge in [0.1, 0.15) is 5.82 Å². The Morgan fingerprint density at radius 1 is 1.38 bits per heavy atom. The van der Waals surface area contributed by atoms with E-state index < -0.39 is 0 Å². The maximum absolute atomic E-state index is 12.9. The summed E-state index contributed by atoms with van der Waals surface area (Å²) in [7, 11) is 3.82. The first-order chi connectivity index (χ1) is 11.5. The van der Waals surface area contributed by atoms with E-state index in [9.17, 15) is 4.79 Å². The highest BCUT2D eigenvalue weighted by molar-refractivity contribution is 5.81. The Balaban J connectivity index is 1.77. The number of carbonyl (C=O) groups excluding carboxylic acids is 1. The van der Waals surface area contributed by atoms with Crippen LogP contribution >= 0.6 is 0 Å². The normalized spacial score (nSPS) is 17.3. The van der Waals surface area contributed by atoms with E-state index in [0.717, 1.165) is 30.8 Å². The van der Waals surface area contributed by atoms with E-state index in [-0.39, 0.29) is 11.9 Å². The highest BCUT2D eigenvalue weighted by Crippen LogP contribution is 2.35. The minimum atomic E-state index is 0.119. The molecule has 7 heteroatoms. The zero-order valence-corrected chi connectivity index (χ0v) is 14.7. The summed E-state index contributed by atoms with van der Waals surface area (Å²) < 4.78 is 1.90. The summed E-state index contributed by atoms with van der Waals surface area (Å²) in [6, 6.07) is 0.126. The van der Waals surface area contributed by atoms with Gasteiger partial charge in [0.2, 0.25) is 5.91 Å². The zero-order valence-electron chi connectivity index (χ0n) is 14.7. The van der Waals surface area contributed by atoms with Crippen molar-refractivity contribution in [2.45, 2.75) is 32.7 Å². The topological polar surface area (TPSA) is 67.2 Å². The minimum Gasteiger partial charge on any atom is -0.349 e. The zero-order chi connectivity index (χ0) is 17.3. The summed E-state index contributed by atoms with van der Waals surface area (Å²) in [6.07, 6.45) is 6.96. The highest BCUT2D eigenvalue weighted by atomic mass is 16.2. The number of amides is 1. The van der Waals surface area contributed by atoms with Crippen LogP contribution in [0.5, 0.6) is 0 Å². The third-order valence-corrected chi connectivity index (χ3v) is 4.78. The van der Waals surface area contributed by atoms with Crippen molar-refractivity contribution in [1.82, 2.24) is 24.6 Å². The summed E-state index contributed by atoms with van der Waals surface area (Å²) in [6.45, 7) is 5.19. The third kappa shape index (κ3) is 2.98. The van der Waals surface area contributed by atoms with Crippen LogP contribution in [0.2, 0.25) is 0 Å². The minimum absolute atomic E-state index is 0.119. The summed E-state index contributed by atoms with van der Waals surface area (Å²) in [5.74, 6) is 0.823. The number of hydrogen-bond acceptors (Lipinski definition) is 5. The summed E-state index contributed by atoms with van der Waals surface area (Å²) in [5, 5.41) is 4.51. The van der Waals surface area contributed by atoms with Gasteiger partial charge in [-0.15, -0.1) is 0 Å². The molecule has 7 nitrogen and oxygen atoms in total. The first-order valence-electron chi connectivity index (χ1n) is 8.25. The van der Waals surface area contributed by atoms with Crippen LogP contribution in [0.25, 0.3) is 0 Å². The third-order valence-electron chi connectivity index (χ3n) is 4.78. The second kappa shape index (κ2) is 6.59. The number of likely N-dealkylation sites (N-methyl/N-ethyl adjacent to an activating group) is 1. The molecule has 0 unspecified atom stereocenters. The second-order valence-corrected chi connectivity index (χ2v) is 6.37. The predicted molar refractivity (Wildman–Crippen MR) is 91.7 cm³/mol. The van der Waals surface area contributed by atoms with Crippen LogP contribution < -0.4 is 4.90 Å². The van der Waals surface area contributed by atoms with Crippen LogP contribution in [-0.4, -0.2) is 50.7 Å². The Kier molecular flexibility index (Phi) is 4.51. The van der Waals surface area contributed by atoms with Crippen LogP contribution in [0.15, 0.2) is 18.6 Å². The SMILES string of the molecule is Cc1nn(C)c(C)c1[C@@H]1CCCN1C(=O)CN(C)c1cnccn1. The van der Waals surface area contributed by atoms with Crippen molar-refractivity contribution < 1.29 is 4.79 Å². The number of rotatable bonds is 4. The van der Waals surface area contributed by atoms with Gasteiger partial charge in [0.25, 0.3) is 0 Å². The largest absolute Gasteiger partial charge is 0.349 e. The number of aryl methyl sites for hydroxylation is 2. The van der Waals surface area contributed by atoms with E-state index in [4.69, 9.17) is 0 Å². The van der Waals surface area contributed by atoms with E-state index in [1.165, 1.54) is 5.56 Å². The van der Waals surface area contributed by atoms with Crippen LogP contribution in [0.4, 0.5) is 5.82 Å². The summed E-state index contributed by atoms with van der Waals surface area (Å²) in [4.78, 5) is 25.0.